The summed E-state index contributed by atoms with van der Waals surface area (Å²) in [7, 11) is 0. The van der Waals surface area contributed by atoms with Gasteiger partial charge in [0.15, 0.2) is 5.96 Å². The predicted molar refractivity (Wildman–Crippen MR) is 125 cm³/mol. The molecule has 3 N–H and O–H groups in total. The fourth-order valence-electron chi connectivity index (χ4n) is 3.69. The maximum absolute atomic E-state index is 11.7. The van der Waals surface area contributed by atoms with Gasteiger partial charge in [0.25, 0.3) is 0 Å². The van der Waals surface area contributed by atoms with E-state index in [9.17, 15) is 4.79 Å². The van der Waals surface area contributed by atoms with Crippen molar-refractivity contribution in [1.82, 2.24) is 20.9 Å². The van der Waals surface area contributed by atoms with E-state index in [1.807, 2.05) is 0 Å². The molecule has 164 valence electrons. The van der Waals surface area contributed by atoms with Crippen LogP contribution in [-0.4, -0.2) is 75.3 Å². The van der Waals surface area contributed by atoms with Gasteiger partial charge in [0.1, 0.15) is 0 Å². The molecular weight excluding hydrogens is 469 g/mol. The molecule has 2 rings (SSSR count). The van der Waals surface area contributed by atoms with Crippen LogP contribution >= 0.6 is 24.0 Å². The molecule has 0 bridgehead atoms. The molecule has 1 unspecified atom stereocenters. The summed E-state index contributed by atoms with van der Waals surface area (Å²) in [6, 6.07) is 0.453. The van der Waals surface area contributed by atoms with E-state index in [1.54, 1.807) is 0 Å². The second-order valence-electron chi connectivity index (χ2n) is 7.50. The van der Waals surface area contributed by atoms with Crippen LogP contribution < -0.4 is 16.0 Å². The molecule has 28 heavy (non-hydrogen) atoms. The maximum atomic E-state index is 11.7. The fourth-order valence-corrected chi connectivity index (χ4v) is 3.69. The number of rotatable bonds is 11. The Labute approximate surface area is 187 Å². The second-order valence-corrected chi connectivity index (χ2v) is 7.50. The Kier molecular flexibility index (Phi) is 13.1. The molecule has 8 heteroatoms. The third-order valence-electron chi connectivity index (χ3n) is 5.55. The Bertz CT molecular complexity index is 464. The van der Waals surface area contributed by atoms with Crippen LogP contribution in [0.5, 0.6) is 0 Å². The maximum Gasteiger partial charge on any atom is 0.223 e. The molecule has 1 saturated heterocycles. The number of hydrogen-bond acceptors (Lipinski definition) is 4. The topological polar surface area (TPSA) is 78.0 Å². The molecule has 0 spiro atoms. The Morgan fingerprint density at radius 1 is 1.07 bits per heavy atom. The van der Waals surface area contributed by atoms with E-state index in [0.29, 0.717) is 25.0 Å². The van der Waals surface area contributed by atoms with Crippen molar-refractivity contribution in [2.75, 3.05) is 52.5 Å². The highest BCUT2D eigenvalue weighted by molar-refractivity contribution is 14.0. The Morgan fingerprint density at radius 2 is 1.71 bits per heavy atom. The van der Waals surface area contributed by atoms with Gasteiger partial charge < -0.3 is 20.7 Å². The lowest BCUT2D eigenvalue weighted by molar-refractivity contribution is -0.122. The largest absolute Gasteiger partial charge is 0.379 e. The molecule has 1 aliphatic heterocycles. The fraction of sp³-hybridized carbons (Fsp3) is 0.900. The number of ether oxygens (including phenoxy) is 1. The van der Waals surface area contributed by atoms with Gasteiger partial charge in [-0.25, -0.2) is 0 Å². The van der Waals surface area contributed by atoms with Crippen molar-refractivity contribution in [3.8, 4) is 0 Å². The monoisotopic (exact) mass is 509 g/mol. The highest BCUT2D eigenvalue weighted by Gasteiger charge is 2.29. The first-order valence-corrected chi connectivity index (χ1v) is 10.8. The quantitative estimate of drug-likeness (QED) is 0.172. The third kappa shape index (κ3) is 8.82. The van der Waals surface area contributed by atoms with Crippen LogP contribution in [0.1, 0.15) is 46.5 Å². The molecule has 1 atom stereocenters. The number of nitrogens with one attached hydrogen (secondary N) is 3. The Hall–Kier alpha value is -0.610. The first-order chi connectivity index (χ1) is 13.2. The number of guanidine groups is 1. The zero-order valence-corrected chi connectivity index (χ0v) is 20.2. The number of amides is 1. The van der Waals surface area contributed by atoms with Crippen LogP contribution in [-0.2, 0) is 9.53 Å². The number of carbonyl (C=O) groups excluding carboxylic acids is 1. The minimum Gasteiger partial charge on any atom is -0.379 e. The molecule has 0 radical (unpaired) electrons. The number of carbonyl (C=O) groups is 1. The average molecular weight is 509 g/mol. The summed E-state index contributed by atoms with van der Waals surface area (Å²) in [5, 5.41) is 9.66. The molecule has 0 aromatic carbocycles. The zero-order chi connectivity index (χ0) is 19.5. The minimum absolute atomic E-state index is 0. The molecular formula is C20H40IN5O2. The van der Waals surface area contributed by atoms with Crippen molar-refractivity contribution >= 4 is 35.8 Å². The molecule has 1 saturated carbocycles. The summed E-state index contributed by atoms with van der Waals surface area (Å²) in [5.41, 5.74) is 0. The molecule has 1 aliphatic carbocycles. The van der Waals surface area contributed by atoms with Crippen LogP contribution in [0.2, 0.25) is 0 Å². The van der Waals surface area contributed by atoms with Gasteiger partial charge in [-0.2, -0.15) is 0 Å². The summed E-state index contributed by atoms with van der Waals surface area (Å²) in [6.45, 7) is 13.2. The molecule has 0 aromatic heterocycles. The summed E-state index contributed by atoms with van der Waals surface area (Å²) in [6.07, 6.45) is 4.43. The van der Waals surface area contributed by atoms with Gasteiger partial charge in [-0.15, -0.1) is 24.0 Å². The predicted octanol–water partition coefficient (Wildman–Crippen LogP) is 1.82. The summed E-state index contributed by atoms with van der Waals surface area (Å²) in [4.78, 5) is 19.1. The zero-order valence-electron chi connectivity index (χ0n) is 17.8. The number of morpholine rings is 1. The number of halogens is 1. The minimum atomic E-state index is 0. The van der Waals surface area contributed by atoms with E-state index in [1.165, 1.54) is 12.8 Å². The van der Waals surface area contributed by atoms with Gasteiger partial charge in [-0.1, -0.05) is 26.7 Å². The van der Waals surface area contributed by atoms with Crippen LogP contribution in [0, 0.1) is 11.8 Å². The van der Waals surface area contributed by atoms with E-state index in [2.05, 4.69) is 41.6 Å². The van der Waals surface area contributed by atoms with Crippen molar-refractivity contribution in [3.63, 3.8) is 0 Å². The second kappa shape index (κ2) is 14.4. The Morgan fingerprint density at radius 3 is 2.29 bits per heavy atom. The molecule has 1 heterocycles. The number of nitrogens with zero attached hydrogens (tertiary/aromatic N) is 2. The standard InChI is InChI=1S/C20H39N5O2.HI/c1-4-16(5-2)18(25-11-13-27-14-12-25)15-24-20(21-6-3)23-10-9-22-19(26)17-7-8-17;/h16-18H,4-15H2,1-3H3,(H,22,26)(H2,21,23,24);1H. The highest BCUT2D eigenvalue weighted by atomic mass is 127. The smallest absolute Gasteiger partial charge is 0.223 e. The summed E-state index contributed by atoms with van der Waals surface area (Å²) in [5.74, 6) is 1.94. The summed E-state index contributed by atoms with van der Waals surface area (Å²) >= 11 is 0. The van der Waals surface area contributed by atoms with E-state index in [-0.39, 0.29) is 35.8 Å². The van der Waals surface area contributed by atoms with Gasteiger partial charge in [-0.3, -0.25) is 14.7 Å². The molecule has 0 aromatic rings. The van der Waals surface area contributed by atoms with Gasteiger partial charge in [0.2, 0.25) is 5.91 Å². The van der Waals surface area contributed by atoms with Crippen molar-refractivity contribution in [1.29, 1.82) is 0 Å². The summed E-state index contributed by atoms with van der Waals surface area (Å²) < 4.78 is 5.53. The third-order valence-corrected chi connectivity index (χ3v) is 5.55. The normalized spacial score (nSPS) is 19.1. The molecule has 2 fully saturated rings. The van der Waals surface area contributed by atoms with Gasteiger partial charge >= 0.3 is 0 Å². The molecule has 2 aliphatic rings. The van der Waals surface area contributed by atoms with Crippen molar-refractivity contribution < 1.29 is 9.53 Å². The SMILES string of the molecule is CCNC(=NCC(C(CC)CC)N1CCOCC1)NCCNC(=O)C1CC1.I. The van der Waals surface area contributed by atoms with Crippen LogP contribution in [0.4, 0.5) is 0 Å². The van der Waals surface area contributed by atoms with Crippen LogP contribution in [0.25, 0.3) is 0 Å². The van der Waals surface area contributed by atoms with Crippen molar-refractivity contribution in [2.24, 2.45) is 16.8 Å². The lowest BCUT2D eigenvalue weighted by Crippen LogP contribution is -2.49. The van der Waals surface area contributed by atoms with Gasteiger partial charge in [0, 0.05) is 44.7 Å². The van der Waals surface area contributed by atoms with Crippen molar-refractivity contribution in [2.45, 2.75) is 52.5 Å². The van der Waals surface area contributed by atoms with Gasteiger partial charge in [0.05, 0.1) is 19.8 Å². The molecule has 1 amide bonds. The Balaban J connectivity index is 0.00000392. The van der Waals surface area contributed by atoms with E-state index < -0.39 is 0 Å². The lowest BCUT2D eigenvalue weighted by atomic mass is 9.92. The van der Waals surface area contributed by atoms with Gasteiger partial charge in [-0.05, 0) is 25.7 Å². The molecule has 7 nitrogen and oxygen atoms in total. The van der Waals surface area contributed by atoms with E-state index in [4.69, 9.17) is 9.73 Å². The highest BCUT2D eigenvalue weighted by Crippen LogP contribution is 2.28. The number of hydrogen-bond donors (Lipinski definition) is 3. The van der Waals surface area contributed by atoms with E-state index >= 15 is 0 Å². The lowest BCUT2D eigenvalue weighted by Gasteiger charge is -2.38. The average Bonchev–Trinajstić information content (AvgIpc) is 3.54. The van der Waals surface area contributed by atoms with Crippen LogP contribution in [0.3, 0.4) is 0 Å². The first kappa shape index (κ1) is 25.4. The first-order valence-electron chi connectivity index (χ1n) is 10.8. The number of aliphatic imine (C=N–C) groups is 1. The van der Waals surface area contributed by atoms with Crippen molar-refractivity contribution in [3.05, 3.63) is 0 Å². The van der Waals surface area contributed by atoms with Crippen LogP contribution in [0.15, 0.2) is 4.99 Å². The van der Waals surface area contributed by atoms with E-state index in [0.717, 1.165) is 58.2 Å².